The second kappa shape index (κ2) is 6.68. The van der Waals surface area contributed by atoms with Crippen LogP contribution in [0.4, 0.5) is 5.69 Å². The quantitative estimate of drug-likeness (QED) is 0.642. The van der Waals surface area contributed by atoms with E-state index in [9.17, 15) is 9.59 Å². The number of hydrogen-bond acceptors (Lipinski definition) is 3. The van der Waals surface area contributed by atoms with Gasteiger partial charge in [-0.25, -0.2) is 4.79 Å². The van der Waals surface area contributed by atoms with Gasteiger partial charge in [-0.2, -0.15) is 0 Å². The van der Waals surface area contributed by atoms with Crippen LogP contribution in [-0.4, -0.2) is 18.5 Å². The van der Waals surface area contributed by atoms with Gasteiger partial charge < -0.3 is 10.1 Å². The predicted molar refractivity (Wildman–Crippen MR) is 65.7 cm³/mol. The lowest BCUT2D eigenvalue weighted by molar-refractivity contribution is -0.152. The summed E-state index contributed by atoms with van der Waals surface area (Å²) in [4.78, 5) is 22.7. The van der Waals surface area contributed by atoms with E-state index >= 15 is 0 Å². The second-order valence-electron chi connectivity index (χ2n) is 3.58. The Kier molecular flexibility index (Phi) is 5.20. The Labute approximate surface area is 101 Å². The van der Waals surface area contributed by atoms with Crippen LogP contribution in [0.25, 0.3) is 0 Å². The van der Waals surface area contributed by atoms with Gasteiger partial charge in [-0.1, -0.05) is 31.5 Å². The number of para-hydroxylation sites is 1. The van der Waals surface area contributed by atoms with E-state index in [0.29, 0.717) is 5.69 Å². The Morgan fingerprint density at radius 3 is 2.59 bits per heavy atom. The molecular weight excluding hydrogens is 218 g/mol. The Morgan fingerprint density at radius 2 is 1.94 bits per heavy atom. The number of amides is 1. The smallest absolute Gasteiger partial charge is 0.397 e. The predicted octanol–water partition coefficient (Wildman–Crippen LogP) is 2.14. The maximum atomic E-state index is 11.5. The summed E-state index contributed by atoms with van der Waals surface area (Å²) in [6.45, 7) is 3.92. The summed E-state index contributed by atoms with van der Waals surface area (Å²) in [7, 11) is 0. The first-order valence-corrected chi connectivity index (χ1v) is 5.75. The number of carbonyl (C=O) groups excluding carboxylic acids is 2. The van der Waals surface area contributed by atoms with Crippen LogP contribution >= 0.6 is 0 Å². The van der Waals surface area contributed by atoms with Gasteiger partial charge >= 0.3 is 11.9 Å². The molecule has 1 N–H and O–H groups in total. The fourth-order valence-corrected chi connectivity index (χ4v) is 1.50. The Morgan fingerprint density at radius 1 is 1.24 bits per heavy atom. The first kappa shape index (κ1) is 13.2. The molecule has 0 radical (unpaired) electrons. The third-order valence-corrected chi connectivity index (χ3v) is 2.25. The second-order valence-corrected chi connectivity index (χ2v) is 3.58. The highest BCUT2D eigenvalue weighted by Crippen LogP contribution is 2.16. The van der Waals surface area contributed by atoms with E-state index in [-0.39, 0.29) is 6.61 Å². The van der Waals surface area contributed by atoms with E-state index in [1.807, 2.05) is 18.2 Å². The van der Waals surface area contributed by atoms with Gasteiger partial charge in [0.15, 0.2) is 0 Å². The number of ether oxygens (including phenoxy) is 1. The van der Waals surface area contributed by atoms with Gasteiger partial charge in [0.2, 0.25) is 0 Å². The molecule has 0 spiro atoms. The highest BCUT2D eigenvalue weighted by Gasteiger charge is 2.15. The standard InChI is InChI=1S/C13H17NO3/c1-3-7-10-8-5-6-9-11(10)14-12(15)13(16)17-4-2/h5-6,8-9H,3-4,7H2,1-2H3,(H,14,15). The van der Waals surface area contributed by atoms with Crippen LogP contribution in [0.2, 0.25) is 0 Å². The highest BCUT2D eigenvalue weighted by molar-refractivity contribution is 6.37. The lowest BCUT2D eigenvalue weighted by Crippen LogP contribution is -2.25. The van der Waals surface area contributed by atoms with Gasteiger partial charge in [-0.3, -0.25) is 4.79 Å². The Hall–Kier alpha value is -1.84. The average Bonchev–Trinajstić information content (AvgIpc) is 2.32. The van der Waals surface area contributed by atoms with Crippen LogP contribution in [0, 0.1) is 0 Å². The van der Waals surface area contributed by atoms with Crippen LogP contribution < -0.4 is 5.32 Å². The van der Waals surface area contributed by atoms with Gasteiger partial charge in [0.1, 0.15) is 0 Å². The Balaban J connectivity index is 2.73. The molecule has 1 amide bonds. The summed E-state index contributed by atoms with van der Waals surface area (Å²) in [5, 5.41) is 2.57. The largest absolute Gasteiger partial charge is 0.459 e. The fourth-order valence-electron chi connectivity index (χ4n) is 1.50. The first-order chi connectivity index (χ1) is 8.19. The number of aryl methyl sites for hydroxylation is 1. The number of hydrogen-bond donors (Lipinski definition) is 1. The number of carbonyl (C=O) groups is 2. The summed E-state index contributed by atoms with van der Waals surface area (Å²) in [6, 6.07) is 7.44. The van der Waals surface area contributed by atoms with Crippen LogP contribution in [-0.2, 0) is 20.7 Å². The van der Waals surface area contributed by atoms with E-state index in [4.69, 9.17) is 0 Å². The SMILES string of the molecule is CCCc1ccccc1NC(=O)C(=O)OCC. The van der Waals surface area contributed by atoms with Crippen molar-refractivity contribution in [1.29, 1.82) is 0 Å². The molecule has 4 heteroatoms. The van der Waals surface area contributed by atoms with Crippen molar-refractivity contribution < 1.29 is 14.3 Å². The van der Waals surface area contributed by atoms with Crippen LogP contribution in [0.1, 0.15) is 25.8 Å². The summed E-state index contributed by atoms with van der Waals surface area (Å²) in [6.07, 6.45) is 1.84. The van der Waals surface area contributed by atoms with E-state index in [2.05, 4.69) is 17.0 Å². The van der Waals surface area contributed by atoms with Crippen molar-refractivity contribution in [3.63, 3.8) is 0 Å². The molecule has 0 aliphatic carbocycles. The van der Waals surface area contributed by atoms with Gasteiger partial charge in [-0.05, 0) is 25.0 Å². The van der Waals surface area contributed by atoms with Crippen molar-refractivity contribution in [1.82, 2.24) is 0 Å². The zero-order valence-corrected chi connectivity index (χ0v) is 10.2. The number of anilines is 1. The molecule has 0 saturated heterocycles. The molecule has 1 aromatic rings. The fraction of sp³-hybridized carbons (Fsp3) is 0.385. The third-order valence-electron chi connectivity index (χ3n) is 2.25. The molecule has 0 atom stereocenters. The maximum absolute atomic E-state index is 11.5. The van der Waals surface area contributed by atoms with Crippen molar-refractivity contribution in [2.75, 3.05) is 11.9 Å². The highest BCUT2D eigenvalue weighted by atomic mass is 16.5. The number of benzene rings is 1. The third kappa shape index (κ3) is 3.90. The normalized spacial score (nSPS) is 9.76. The molecule has 1 rings (SSSR count). The molecule has 0 unspecified atom stereocenters. The molecule has 1 aromatic carbocycles. The molecule has 0 aliphatic heterocycles. The van der Waals surface area contributed by atoms with E-state index in [0.717, 1.165) is 18.4 Å². The van der Waals surface area contributed by atoms with Gasteiger partial charge in [0.25, 0.3) is 0 Å². The number of nitrogens with one attached hydrogen (secondary N) is 1. The molecule has 17 heavy (non-hydrogen) atoms. The topological polar surface area (TPSA) is 55.4 Å². The zero-order chi connectivity index (χ0) is 12.7. The molecule has 0 aliphatic rings. The van der Waals surface area contributed by atoms with Crippen LogP contribution in [0.3, 0.4) is 0 Å². The Bertz CT molecular complexity index is 401. The molecular formula is C13H17NO3. The van der Waals surface area contributed by atoms with Gasteiger partial charge in [0, 0.05) is 5.69 Å². The minimum absolute atomic E-state index is 0.197. The van der Waals surface area contributed by atoms with E-state index in [1.54, 1.807) is 13.0 Å². The lowest BCUT2D eigenvalue weighted by atomic mass is 10.1. The van der Waals surface area contributed by atoms with Crippen molar-refractivity contribution in [2.24, 2.45) is 0 Å². The minimum atomic E-state index is -0.848. The van der Waals surface area contributed by atoms with E-state index < -0.39 is 11.9 Å². The molecule has 92 valence electrons. The zero-order valence-electron chi connectivity index (χ0n) is 10.2. The van der Waals surface area contributed by atoms with Crippen molar-refractivity contribution in [2.45, 2.75) is 26.7 Å². The molecule has 0 bridgehead atoms. The average molecular weight is 235 g/mol. The number of rotatable bonds is 4. The lowest BCUT2D eigenvalue weighted by Gasteiger charge is -2.09. The van der Waals surface area contributed by atoms with Crippen molar-refractivity contribution in [3.05, 3.63) is 29.8 Å². The molecule has 4 nitrogen and oxygen atoms in total. The molecule has 0 fully saturated rings. The summed E-state index contributed by atoms with van der Waals surface area (Å²) in [5.41, 5.74) is 1.69. The molecule has 0 heterocycles. The van der Waals surface area contributed by atoms with Crippen molar-refractivity contribution in [3.8, 4) is 0 Å². The van der Waals surface area contributed by atoms with Crippen LogP contribution in [0.5, 0.6) is 0 Å². The molecule has 0 saturated carbocycles. The molecule has 0 aromatic heterocycles. The van der Waals surface area contributed by atoms with Gasteiger partial charge in [0.05, 0.1) is 6.61 Å². The van der Waals surface area contributed by atoms with Gasteiger partial charge in [-0.15, -0.1) is 0 Å². The summed E-state index contributed by atoms with van der Waals surface area (Å²) < 4.78 is 4.62. The van der Waals surface area contributed by atoms with E-state index in [1.165, 1.54) is 0 Å². The van der Waals surface area contributed by atoms with Crippen molar-refractivity contribution >= 4 is 17.6 Å². The maximum Gasteiger partial charge on any atom is 0.397 e. The summed E-state index contributed by atoms with van der Waals surface area (Å²) >= 11 is 0. The minimum Gasteiger partial charge on any atom is -0.459 e. The summed E-state index contributed by atoms with van der Waals surface area (Å²) in [5.74, 6) is -1.57. The first-order valence-electron chi connectivity index (χ1n) is 5.75. The number of esters is 1. The van der Waals surface area contributed by atoms with Crippen LogP contribution in [0.15, 0.2) is 24.3 Å². The monoisotopic (exact) mass is 235 g/mol.